The average Bonchev–Trinajstić information content (AvgIpc) is 3.08. The van der Waals surface area contributed by atoms with Crippen molar-refractivity contribution in [3.63, 3.8) is 0 Å². The molecule has 6 nitrogen and oxygen atoms in total. The number of carbonyl (C=O) groups excluding carboxylic acids is 1. The zero-order valence-electron chi connectivity index (χ0n) is 14.1. The molecule has 1 aliphatic carbocycles. The van der Waals surface area contributed by atoms with Crippen LogP contribution in [0.25, 0.3) is 0 Å². The van der Waals surface area contributed by atoms with Crippen molar-refractivity contribution in [2.45, 2.75) is 58.3 Å². The van der Waals surface area contributed by atoms with Crippen LogP contribution in [0.3, 0.4) is 0 Å². The Hall–Kier alpha value is -1.85. The van der Waals surface area contributed by atoms with E-state index in [1.165, 1.54) is 38.4 Å². The van der Waals surface area contributed by atoms with E-state index in [0.29, 0.717) is 18.3 Å². The Kier molecular flexibility index (Phi) is 7.63. The van der Waals surface area contributed by atoms with Crippen molar-refractivity contribution in [1.29, 1.82) is 0 Å². The maximum Gasteiger partial charge on any atom is 0.225 e. The van der Waals surface area contributed by atoms with Crippen LogP contribution >= 0.6 is 0 Å². The Morgan fingerprint density at radius 1 is 1.48 bits per heavy atom. The number of H-pyrrole nitrogens is 1. The van der Waals surface area contributed by atoms with Crippen LogP contribution in [0.15, 0.2) is 17.6 Å². The Bertz CT molecular complexity index is 465. The highest BCUT2D eigenvalue weighted by Gasteiger charge is 2.21. The van der Waals surface area contributed by atoms with Crippen molar-refractivity contribution < 1.29 is 4.79 Å². The highest BCUT2D eigenvalue weighted by atomic mass is 16.1. The third kappa shape index (κ3) is 6.84. The van der Waals surface area contributed by atoms with Crippen molar-refractivity contribution in [3.8, 4) is 0 Å². The number of hydrogen-bond acceptors (Lipinski definition) is 4. The predicted octanol–water partition coefficient (Wildman–Crippen LogP) is 2.60. The molecule has 128 valence electrons. The molecule has 0 spiro atoms. The normalized spacial score (nSPS) is 17.3. The van der Waals surface area contributed by atoms with Gasteiger partial charge in [0.2, 0.25) is 5.91 Å². The summed E-state index contributed by atoms with van der Waals surface area (Å²) in [5.41, 5.74) is 4.07. The van der Waals surface area contributed by atoms with Crippen LogP contribution in [0.1, 0.15) is 57.6 Å². The summed E-state index contributed by atoms with van der Waals surface area (Å²) in [6.45, 7) is 2.96. The van der Waals surface area contributed by atoms with E-state index in [1.54, 1.807) is 6.33 Å². The molecule has 0 bridgehead atoms. The van der Waals surface area contributed by atoms with Crippen LogP contribution in [0.2, 0.25) is 0 Å². The lowest BCUT2D eigenvalue weighted by Gasteiger charge is -2.27. The van der Waals surface area contributed by atoms with E-state index in [2.05, 4.69) is 32.7 Å². The van der Waals surface area contributed by atoms with Gasteiger partial charge in [-0.2, -0.15) is 5.10 Å². The molecule has 0 saturated heterocycles. The molecule has 1 aliphatic rings. The summed E-state index contributed by atoms with van der Waals surface area (Å²) in [6.07, 6.45) is 14.0. The lowest BCUT2D eigenvalue weighted by atomic mass is 9.79. The molecule has 2 rings (SSSR count). The van der Waals surface area contributed by atoms with E-state index in [4.69, 9.17) is 0 Å². The Labute approximate surface area is 138 Å². The second kappa shape index (κ2) is 10.0. The summed E-state index contributed by atoms with van der Waals surface area (Å²) in [7, 11) is 0. The number of aromatic nitrogens is 2. The number of carbonyl (C=O) groups is 1. The van der Waals surface area contributed by atoms with E-state index >= 15 is 0 Å². The summed E-state index contributed by atoms with van der Waals surface area (Å²) >= 11 is 0. The maximum absolute atomic E-state index is 11.9. The molecule has 1 unspecified atom stereocenters. The molecule has 3 N–H and O–H groups in total. The molecule has 1 aromatic heterocycles. The molecule has 0 aliphatic heterocycles. The number of amides is 1. The van der Waals surface area contributed by atoms with Gasteiger partial charge >= 0.3 is 0 Å². The lowest BCUT2D eigenvalue weighted by molar-refractivity contribution is -0.120. The van der Waals surface area contributed by atoms with Crippen molar-refractivity contribution in [2.24, 2.45) is 16.9 Å². The Morgan fingerprint density at radius 3 is 3.04 bits per heavy atom. The van der Waals surface area contributed by atoms with Gasteiger partial charge in [-0.05, 0) is 24.7 Å². The van der Waals surface area contributed by atoms with Gasteiger partial charge in [0, 0.05) is 24.9 Å². The van der Waals surface area contributed by atoms with Gasteiger partial charge in [-0.15, -0.1) is 0 Å². The van der Waals surface area contributed by atoms with E-state index in [1.807, 2.05) is 6.20 Å². The van der Waals surface area contributed by atoms with Gasteiger partial charge in [-0.3, -0.25) is 4.79 Å². The fourth-order valence-electron chi connectivity index (χ4n) is 3.21. The molecular weight excluding hydrogens is 290 g/mol. The topological polar surface area (TPSA) is 82.2 Å². The molecule has 0 aromatic carbocycles. The first kappa shape index (κ1) is 17.5. The molecule has 1 fully saturated rings. The zero-order valence-corrected chi connectivity index (χ0v) is 14.1. The number of nitrogens with zero attached hydrogens (tertiary/aromatic N) is 2. The summed E-state index contributed by atoms with van der Waals surface area (Å²) in [4.78, 5) is 18.9. The van der Waals surface area contributed by atoms with Crippen molar-refractivity contribution in [3.05, 3.63) is 18.2 Å². The summed E-state index contributed by atoms with van der Waals surface area (Å²) in [6, 6.07) is 0. The van der Waals surface area contributed by atoms with Gasteiger partial charge in [-0.25, -0.2) is 4.98 Å². The molecule has 23 heavy (non-hydrogen) atoms. The molecular formula is C17H29N5O. The third-order valence-electron chi connectivity index (χ3n) is 4.63. The highest BCUT2D eigenvalue weighted by molar-refractivity contribution is 5.87. The number of rotatable bonds is 9. The molecule has 1 amide bonds. The van der Waals surface area contributed by atoms with Crippen molar-refractivity contribution in [2.75, 3.05) is 6.54 Å². The van der Waals surface area contributed by atoms with Crippen LogP contribution in [-0.4, -0.2) is 28.8 Å². The Morgan fingerprint density at radius 2 is 2.30 bits per heavy atom. The van der Waals surface area contributed by atoms with Gasteiger partial charge in [0.15, 0.2) is 0 Å². The number of hydrazone groups is 1. The fourth-order valence-corrected chi connectivity index (χ4v) is 3.21. The lowest BCUT2D eigenvalue weighted by Crippen LogP contribution is -2.27. The summed E-state index contributed by atoms with van der Waals surface area (Å²) < 4.78 is 0. The van der Waals surface area contributed by atoms with Gasteiger partial charge in [0.1, 0.15) is 6.34 Å². The highest BCUT2D eigenvalue weighted by Crippen LogP contribution is 2.31. The van der Waals surface area contributed by atoms with Crippen LogP contribution in [0.5, 0.6) is 0 Å². The average molecular weight is 319 g/mol. The summed E-state index contributed by atoms with van der Waals surface area (Å²) in [5.74, 6) is 1.24. The van der Waals surface area contributed by atoms with Crippen LogP contribution in [0.4, 0.5) is 0 Å². The quantitative estimate of drug-likeness (QED) is 0.283. The second-order valence-corrected chi connectivity index (χ2v) is 6.49. The number of aromatic amines is 1. The number of nitrogens with one attached hydrogen (secondary N) is 3. The monoisotopic (exact) mass is 319 g/mol. The van der Waals surface area contributed by atoms with Gasteiger partial charge in [0.25, 0.3) is 0 Å². The van der Waals surface area contributed by atoms with Gasteiger partial charge < -0.3 is 15.7 Å². The van der Waals surface area contributed by atoms with Gasteiger partial charge in [-0.1, -0.05) is 39.0 Å². The molecule has 1 atom stereocenters. The zero-order chi connectivity index (χ0) is 16.3. The van der Waals surface area contributed by atoms with E-state index in [9.17, 15) is 4.79 Å². The number of hydrogen-bond donors (Lipinski definition) is 3. The van der Waals surface area contributed by atoms with E-state index in [0.717, 1.165) is 25.1 Å². The minimum absolute atomic E-state index is 0.0612. The van der Waals surface area contributed by atoms with E-state index in [-0.39, 0.29) is 5.91 Å². The summed E-state index contributed by atoms with van der Waals surface area (Å²) in [5, 5.41) is 6.77. The molecule has 1 heterocycles. The molecule has 0 radical (unpaired) electrons. The predicted molar refractivity (Wildman–Crippen MR) is 91.9 cm³/mol. The van der Waals surface area contributed by atoms with Crippen LogP contribution in [0, 0.1) is 11.8 Å². The largest absolute Gasteiger partial charge is 0.348 e. The number of aryl methyl sites for hydroxylation is 1. The minimum Gasteiger partial charge on any atom is -0.348 e. The molecule has 6 heteroatoms. The molecule has 1 saturated carbocycles. The third-order valence-corrected chi connectivity index (χ3v) is 4.63. The SMILES string of the molecule is CC(CC(=O)NC=NNCCCc1cnc[nH]1)C1CCCCC1. The Balaban J connectivity index is 1.51. The first-order valence-corrected chi connectivity index (χ1v) is 8.76. The van der Waals surface area contributed by atoms with Crippen LogP contribution in [-0.2, 0) is 11.2 Å². The van der Waals surface area contributed by atoms with Gasteiger partial charge in [0.05, 0.1) is 6.33 Å². The van der Waals surface area contributed by atoms with Crippen molar-refractivity contribution in [1.82, 2.24) is 20.7 Å². The first-order valence-electron chi connectivity index (χ1n) is 8.76. The first-order chi connectivity index (χ1) is 11.3. The fraction of sp³-hybridized carbons (Fsp3) is 0.706. The van der Waals surface area contributed by atoms with E-state index < -0.39 is 0 Å². The minimum atomic E-state index is 0.0612. The van der Waals surface area contributed by atoms with Crippen molar-refractivity contribution >= 4 is 12.2 Å². The standard InChI is InChI=1S/C17H29N5O/c1-14(15-6-3-2-4-7-15)10-17(23)20-13-22-21-9-5-8-16-11-18-12-19-16/h11-15,21H,2-10H2,1H3,(H,18,19)(H,20,22,23). The number of imidazole rings is 1. The maximum atomic E-state index is 11.9. The molecule has 1 aromatic rings. The van der Waals surface area contributed by atoms with Crippen LogP contribution < -0.4 is 10.7 Å². The second-order valence-electron chi connectivity index (χ2n) is 6.49. The smallest absolute Gasteiger partial charge is 0.225 e.